The molecule has 0 saturated carbocycles. The number of nitrogens with one attached hydrogen (secondary N) is 3. The fraction of sp³-hybridized carbons (Fsp3) is 0.269. The highest BCUT2D eigenvalue weighted by Gasteiger charge is 2.28. The number of para-hydroxylation sites is 2. The van der Waals surface area contributed by atoms with E-state index < -0.39 is 0 Å². The van der Waals surface area contributed by atoms with Crippen LogP contribution in [0.1, 0.15) is 47.1 Å². The summed E-state index contributed by atoms with van der Waals surface area (Å²) in [5, 5.41) is 10.2. The minimum Gasteiger partial charge on any atom is -0.370 e. The summed E-state index contributed by atoms with van der Waals surface area (Å²) in [6.45, 7) is 2.08. The molecule has 168 valence electrons. The Hall–Kier alpha value is -3.71. The number of aromatic amines is 1. The monoisotopic (exact) mass is 439 g/mol. The molecule has 1 aliphatic rings. The molecule has 2 heterocycles. The van der Waals surface area contributed by atoms with E-state index >= 15 is 0 Å². The Balaban J connectivity index is 1.42. The molecule has 1 aliphatic carbocycles. The van der Waals surface area contributed by atoms with E-state index in [1.54, 1.807) is 0 Å². The summed E-state index contributed by atoms with van der Waals surface area (Å²) in [6, 6.07) is 21.2. The number of nitrogens with two attached hydrogens (primary N) is 1. The van der Waals surface area contributed by atoms with Crippen LogP contribution in [0.5, 0.6) is 0 Å². The molecule has 2 aromatic heterocycles. The molecule has 7 nitrogen and oxygen atoms in total. The number of imidazole rings is 1. The normalized spacial score (nSPS) is 15.5. The van der Waals surface area contributed by atoms with Crippen LogP contribution in [-0.2, 0) is 26.1 Å². The van der Waals surface area contributed by atoms with Crippen LogP contribution in [0.3, 0.4) is 0 Å². The average molecular weight is 440 g/mol. The number of fused-ring (bicyclic) bond motifs is 2. The minimum absolute atomic E-state index is 0.0143. The largest absolute Gasteiger partial charge is 0.370 e. The number of hydrogen-bond acceptors (Lipinski definition) is 4. The number of pyridine rings is 1. The molecule has 1 atom stereocenters. The van der Waals surface area contributed by atoms with Crippen LogP contribution in [0.2, 0.25) is 0 Å². The summed E-state index contributed by atoms with van der Waals surface area (Å²) in [7, 11) is 0. The first-order valence-corrected chi connectivity index (χ1v) is 11.4. The van der Waals surface area contributed by atoms with Crippen LogP contribution < -0.4 is 11.1 Å². The van der Waals surface area contributed by atoms with Gasteiger partial charge in [0.1, 0.15) is 5.82 Å². The van der Waals surface area contributed by atoms with Crippen molar-refractivity contribution in [3.8, 4) is 0 Å². The van der Waals surface area contributed by atoms with Gasteiger partial charge < -0.3 is 16.0 Å². The Morgan fingerprint density at radius 3 is 2.70 bits per heavy atom. The molecule has 0 saturated heterocycles. The van der Waals surface area contributed by atoms with Gasteiger partial charge in [0.25, 0.3) is 0 Å². The molecule has 0 radical (unpaired) electrons. The van der Waals surface area contributed by atoms with E-state index in [0.29, 0.717) is 6.54 Å². The molecule has 2 aromatic carbocycles. The smallest absolute Gasteiger partial charge is 0.185 e. The van der Waals surface area contributed by atoms with Gasteiger partial charge in [0.05, 0.1) is 29.3 Å². The van der Waals surface area contributed by atoms with E-state index in [-0.39, 0.29) is 12.0 Å². The SMILES string of the molecule is N=C(N)NCc1ccc(CN(Cc2nc3ccccc3[nH]2)C2CCCc3cccnc32)cc1. The van der Waals surface area contributed by atoms with Crippen molar-refractivity contribution in [2.24, 2.45) is 5.73 Å². The summed E-state index contributed by atoms with van der Waals surface area (Å²) in [4.78, 5) is 15.6. The third-order valence-electron chi connectivity index (χ3n) is 6.29. The van der Waals surface area contributed by atoms with Crippen LogP contribution in [0, 0.1) is 5.41 Å². The van der Waals surface area contributed by atoms with Crippen LogP contribution in [0.4, 0.5) is 0 Å². The molecule has 0 fully saturated rings. The van der Waals surface area contributed by atoms with Gasteiger partial charge in [-0.05, 0) is 54.2 Å². The average Bonchev–Trinajstić information content (AvgIpc) is 3.25. The molecule has 0 amide bonds. The Morgan fingerprint density at radius 1 is 1.06 bits per heavy atom. The number of H-pyrrole nitrogens is 1. The maximum Gasteiger partial charge on any atom is 0.185 e. The fourth-order valence-corrected chi connectivity index (χ4v) is 4.68. The highest BCUT2D eigenvalue weighted by Crippen LogP contribution is 2.34. The Kier molecular flexibility index (Phi) is 6.04. The molecule has 0 aliphatic heterocycles. The van der Waals surface area contributed by atoms with Gasteiger partial charge in [0.2, 0.25) is 0 Å². The zero-order valence-electron chi connectivity index (χ0n) is 18.6. The molecular formula is C26H29N7. The lowest BCUT2D eigenvalue weighted by Crippen LogP contribution is -2.32. The zero-order valence-corrected chi connectivity index (χ0v) is 18.6. The molecule has 33 heavy (non-hydrogen) atoms. The van der Waals surface area contributed by atoms with Crippen molar-refractivity contribution in [3.05, 3.63) is 95.1 Å². The maximum atomic E-state index is 7.34. The van der Waals surface area contributed by atoms with Gasteiger partial charge in [-0.3, -0.25) is 15.3 Å². The molecular weight excluding hydrogens is 410 g/mol. The van der Waals surface area contributed by atoms with Gasteiger partial charge >= 0.3 is 0 Å². The standard InChI is InChI=1S/C26H29N7/c27-26(28)30-15-18-10-12-19(13-11-18)16-33(17-24-31-21-7-1-2-8-22(21)32-24)23-9-3-5-20-6-4-14-29-25(20)23/h1-2,4,6-8,10-14,23H,3,5,9,15-17H2,(H,31,32)(H4,27,28,30). The van der Waals surface area contributed by atoms with Gasteiger partial charge in [0, 0.05) is 19.3 Å². The molecule has 5 rings (SSSR count). The molecule has 0 bridgehead atoms. The molecule has 0 spiro atoms. The molecule has 4 aromatic rings. The number of aryl methyl sites for hydroxylation is 1. The van der Waals surface area contributed by atoms with E-state index in [1.165, 1.54) is 16.8 Å². The predicted molar refractivity (Wildman–Crippen MR) is 130 cm³/mol. The van der Waals surface area contributed by atoms with Gasteiger partial charge in [-0.15, -0.1) is 0 Å². The number of guanidine groups is 1. The molecule has 1 unspecified atom stereocenters. The predicted octanol–water partition coefficient (Wildman–Crippen LogP) is 4.02. The van der Waals surface area contributed by atoms with Crippen molar-refractivity contribution < 1.29 is 0 Å². The van der Waals surface area contributed by atoms with Crippen molar-refractivity contribution >= 4 is 17.0 Å². The number of benzene rings is 2. The van der Waals surface area contributed by atoms with Crippen molar-refractivity contribution in [3.63, 3.8) is 0 Å². The Morgan fingerprint density at radius 2 is 1.88 bits per heavy atom. The zero-order chi connectivity index (χ0) is 22.6. The first-order valence-electron chi connectivity index (χ1n) is 11.4. The summed E-state index contributed by atoms with van der Waals surface area (Å²) >= 11 is 0. The van der Waals surface area contributed by atoms with Crippen LogP contribution >= 0.6 is 0 Å². The van der Waals surface area contributed by atoms with Crippen molar-refractivity contribution in [2.45, 2.75) is 44.9 Å². The van der Waals surface area contributed by atoms with Gasteiger partial charge in [-0.1, -0.05) is 42.5 Å². The van der Waals surface area contributed by atoms with Gasteiger partial charge in [-0.2, -0.15) is 0 Å². The lowest BCUT2D eigenvalue weighted by Gasteiger charge is -2.34. The lowest BCUT2D eigenvalue weighted by molar-refractivity contribution is 0.153. The second-order valence-corrected chi connectivity index (χ2v) is 8.65. The van der Waals surface area contributed by atoms with Crippen molar-refractivity contribution in [2.75, 3.05) is 0 Å². The maximum absolute atomic E-state index is 7.34. The van der Waals surface area contributed by atoms with E-state index in [0.717, 1.165) is 54.8 Å². The highest BCUT2D eigenvalue weighted by molar-refractivity contribution is 5.74. The topological polar surface area (TPSA) is 107 Å². The first kappa shape index (κ1) is 21.2. The minimum atomic E-state index is -0.0143. The fourth-order valence-electron chi connectivity index (χ4n) is 4.68. The quantitative estimate of drug-likeness (QED) is 0.257. The van der Waals surface area contributed by atoms with Crippen LogP contribution in [0.15, 0.2) is 66.9 Å². The summed E-state index contributed by atoms with van der Waals surface area (Å²) in [5.41, 5.74) is 12.4. The number of hydrogen-bond donors (Lipinski definition) is 4. The third-order valence-corrected chi connectivity index (χ3v) is 6.29. The second-order valence-electron chi connectivity index (χ2n) is 8.65. The third kappa shape index (κ3) is 4.88. The van der Waals surface area contributed by atoms with Crippen molar-refractivity contribution in [1.82, 2.24) is 25.2 Å². The molecule has 5 N–H and O–H groups in total. The second kappa shape index (κ2) is 9.42. The number of rotatable bonds is 7. The summed E-state index contributed by atoms with van der Waals surface area (Å²) in [6.07, 6.45) is 5.25. The first-order chi connectivity index (χ1) is 16.2. The summed E-state index contributed by atoms with van der Waals surface area (Å²) in [5.74, 6) is 0.959. The van der Waals surface area contributed by atoms with Crippen LogP contribution in [-0.4, -0.2) is 25.8 Å². The van der Waals surface area contributed by atoms with E-state index in [4.69, 9.17) is 21.1 Å². The van der Waals surface area contributed by atoms with Crippen LogP contribution in [0.25, 0.3) is 11.0 Å². The Bertz CT molecular complexity index is 1210. The molecule has 7 heteroatoms. The number of nitrogens with zero attached hydrogens (tertiary/aromatic N) is 3. The lowest BCUT2D eigenvalue weighted by atomic mass is 9.90. The number of aromatic nitrogens is 3. The van der Waals surface area contributed by atoms with E-state index in [1.807, 2.05) is 30.5 Å². The summed E-state index contributed by atoms with van der Waals surface area (Å²) < 4.78 is 0. The van der Waals surface area contributed by atoms with E-state index in [9.17, 15) is 0 Å². The Labute approximate surface area is 193 Å². The van der Waals surface area contributed by atoms with Gasteiger partial charge in [0.15, 0.2) is 5.96 Å². The van der Waals surface area contributed by atoms with Crippen molar-refractivity contribution in [1.29, 1.82) is 5.41 Å². The highest BCUT2D eigenvalue weighted by atomic mass is 15.2. The van der Waals surface area contributed by atoms with E-state index in [2.05, 4.69) is 51.6 Å². The van der Waals surface area contributed by atoms with Gasteiger partial charge in [-0.25, -0.2) is 4.98 Å².